The average molecular weight is 275 g/mol. The zero-order chi connectivity index (χ0) is 14.7. The summed E-state index contributed by atoms with van der Waals surface area (Å²) in [6, 6.07) is 3.27. The van der Waals surface area contributed by atoms with Gasteiger partial charge < -0.3 is 4.57 Å². The topological polar surface area (TPSA) is 39.1 Å². The quantitative estimate of drug-likeness (QED) is 0.790. The van der Waals surface area contributed by atoms with Crippen LogP contribution < -0.4 is 5.56 Å². The van der Waals surface area contributed by atoms with Crippen LogP contribution >= 0.6 is 0 Å². The molecule has 1 saturated carbocycles. The Morgan fingerprint density at radius 1 is 1.40 bits per heavy atom. The summed E-state index contributed by atoms with van der Waals surface area (Å²) >= 11 is 0. The van der Waals surface area contributed by atoms with E-state index in [1.807, 2.05) is 0 Å². The van der Waals surface area contributed by atoms with Gasteiger partial charge in [0.25, 0.3) is 5.56 Å². The number of aryl methyl sites for hydroxylation is 1. The van der Waals surface area contributed by atoms with Crippen molar-refractivity contribution in [3.63, 3.8) is 0 Å². The summed E-state index contributed by atoms with van der Waals surface area (Å²) in [5.74, 6) is 1.33. The van der Waals surface area contributed by atoms with E-state index in [-0.39, 0.29) is 17.3 Å². The van der Waals surface area contributed by atoms with Crippen molar-refractivity contribution in [3.8, 4) is 0 Å². The predicted octanol–water partition coefficient (Wildman–Crippen LogP) is 3.42. The van der Waals surface area contributed by atoms with Gasteiger partial charge in [0.05, 0.1) is 0 Å². The summed E-state index contributed by atoms with van der Waals surface area (Å²) in [6.07, 6.45) is 7.30. The van der Waals surface area contributed by atoms with Gasteiger partial charge in [0, 0.05) is 30.8 Å². The summed E-state index contributed by atoms with van der Waals surface area (Å²) < 4.78 is 1.50. The number of pyridine rings is 1. The van der Waals surface area contributed by atoms with Crippen molar-refractivity contribution < 1.29 is 4.79 Å². The molecule has 1 aliphatic rings. The van der Waals surface area contributed by atoms with E-state index < -0.39 is 0 Å². The van der Waals surface area contributed by atoms with Crippen molar-refractivity contribution in [2.24, 2.45) is 24.8 Å². The Morgan fingerprint density at radius 3 is 2.75 bits per heavy atom. The summed E-state index contributed by atoms with van der Waals surface area (Å²) in [4.78, 5) is 24.5. The molecule has 0 bridgehead atoms. The minimum absolute atomic E-state index is 0.103. The van der Waals surface area contributed by atoms with Crippen molar-refractivity contribution in [2.45, 2.75) is 46.0 Å². The average Bonchev–Trinajstić information content (AvgIpc) is 2.48. The maximum absolute atomic E-state index is 12.7. The van der Waals surface area contributed by atoms with Gasteiger partial charge in [-0.05, 0) is 30.7 Å². The second-order valence-corrected chi connectivity index (χ2v) is 6.17. The van der Waals surface area contributed by atoms with Gasteiger partial charge in [0.15, 0.2) is 5.78 Å². The van der Waals surface area contributed by atoms with E-state index in [1.165, 1.54) is 17.1 Å². The molecule has 1 aliphatic carbocycles. The van der Waals surface area contributed by atoms with Gasteiger partial charge in [-0.2, -0.15) is 0 Å². The van der Waals surface area contributed by atoms with Crippen LogP contribution in [0, 0.1) is 17.8 Å². The van der Waals surface area contributed by atoms with Crippen LogP contribution in [0.1, 0.15) is 56.3 Å². The lowest BCUT2D eigenvalue weighted by molar-refractivity contribution is 0.0762. The summed E-state index contributed by atoms with van der Waals surface area (Å²) in [7, 11) is 1.71. The first-order valence-electron chi connectivity index (χ1n) is 7.75. The smallest absolute Gasteiger partial charge is 0.250 e. The van der Waals surface area contributed by atoms with Crippen LogP contribution in [0.2, 0.25) is 0 Å². The van der Waals surface area contributed by atoms with Crippen LogP contribution in [-0.4, -0.2) is 10.4 Å². The third-order valence-electron chi connectivity index (χ3n) is 4.92. The summed E-state index contributed by atoms with van der Waals surface area (Å²) in [5.41, 5.74) is 0.486. The molecule has 20 heavy (non-hydrogen) atoms. The molecule has 0 aromatic carbocycles. The second-order valence-electron chi connectivity index (χ2n) is 6.17. The molecule has 3 heteroatoms. The Morgan fingerprint density at radius 2 is 2.10 bits per heavy atom. The highest BCUT2D eigenvalue weighted by Gasteiger charge is 2.34. The molecular weight excluding hydrogens is 250 g/mol. The minimum Gasteiger partial charge on any atom is -0.319 e. The lowest BCUT2D eigenvalue weighted by Gasteiger charge is -2.34. The minimum atomic E-state index is -0.105. The zero-order valence-corrected chi connectivity index (χ0v) is 12.8. The fourth-order valence-electron chi connectivity index (χ4n) is 3.38. The van der Waals surface area contributed by atoms with Gasteiger partial charge in [0.2, 0.25) is 0 Å². The fraction of sp³-hybridized carbons (Fsp3) is 0.647. The number of hydrogen-bond donors (Lipinski definition) is 0. The molecule has 1 aromatic heterocycles. The molecule has 3 atom stereocenters. The van der Waals surface area contributed by atoms with Crippen LogP contribution in [0.15, 0.2) is 23.1 Å². The third-order valence-corrected chi connectivity index (χ3v) is 4.92. The normalized spacial score (nSPS) is 24.4. The van der Waals surface area contributed by atoms with Gasteiger partial charge in [-0.3, -0.25) is 9.59 Å². The van der Waals surface area contributed by atoms with Gasteiger partial charge in [-0.15, -0.1) is 0 Å². The van der Waals surface area contributed by atoms with Crippen LogP contribution in [0.25, 0.3) is 0 Å². The lowest BCUT2D eigenvalue weighted by atomic mass is 9.69. The zero-order valence-electron chi connectivity index (χ0n) is 12.8. The SMILES string of the molecule is CCC(C)C1CCCCC1C(=O)c1ccn(C)c(=O)c1. The fourth-order valence-corrected chi connectivity index (χ4v) is 3.38. The number of ketones is 1. The molecule has 1 heterocycles. The summed E-state index contributed by atoms with van der Waals surface area (Å²) in [6.45, 7) is 4.44. The van der Waals surface area contributed by atoms with E-state index in [9.17, 15) is 9.59 Å². The van der Waals surface area contributed by atoms with Gasteiger partial charge in [-0.1, -0.05) is 33.1 Å². The molecule has 3 nitrogen and oxygen atoms in total. The summed E-state index contributed by atoms with van der Waals surface area (Å²) in [5, 5.41) is 0. The first-order valence-corrected chi connectivity index (χ1v) is 7.75. The number of rotatable bonds is 4. The Kier molecular flexibility index (Phi) is 4.79. The van der Waals surface area contributed by atoms with Crippen molar-refractivity contribution >= 4 is 5.78 Å². The molecule has 0 spiro atoms. The maximum Gasteiger partial charge on any atom is 0.250 e. The molecule has 0 saturated heterocycles. The molecule has 0 N–H and O–H groups in total. The number of hydrogen-bond acceptors (Lipinski definition) is 2. The van der Waals surface area contributed by atoms with E-state index in [0.29, 0.717) is 17.4 Å². The molecule has 0 radical (unpaired) electrons. The Hall–Kier alpha value is -1.38. The van der Waals surface area contributed by atoms with Crippen LogP contribution in [-0.2, 0) is 7.05 Å². The van der Waals surface area contributed by atoms with Gasteiger partial charge in [-0.25, -0.2) is 0 Å². The van der Waals surface area contributed by atoms with Gasteiger partial charge in [0.1, 0.15) is 0 Å². The van der Waals surface area contributed by atoms with Crippen LogP contribution in [0.3, 0.4) is 0 Å². The molecule has 1 fully saturated rings. The third kappa shape index (κ3) is 3.02. The molecule has 3 unspecified atom stereocenters. The van der Waals surface area contributed by atoms with Crippen molar-refractivity contribution in [3.05, 3.63) is 34.2 Å². The Balaban J connectivity index is 2.25. The van der Waals surface area contributed by atoms with Crippen LogP contribution in [0.5, 0.6) is 0 Å². The lowest BCUT2D eigenvalue weighted by Crippen LogP contribution is -2.32. The number of carbonyl (C=O) groups is 1. The highest BCUT2D eigenvalue weighted by Crippen LogP contribution is 2.38. The van der Waals surface area contributed by atoms with E-state index >= 15 is 0 Å². The number of nitrogens with zero attached hydrogens (tertiary/aromatic N) is 1. The van der Waals surface area contributed by atoms with E-state index in [4.69, 9.17) is 0 Å². The Labute approximate surface area is 121 Å². The number of aromatic nitrogens is 1. The molecular formula is C17H25NO2. The molecule has 0 amide bonds. The molecule has 1 aromatic rings. The van der Waals surface area contributed by atoms with Crippen LogP contribution in [0.4, 0.5) is 0 Å². The van der Waals surface area contributed by atoms with E-state index in [0.717, 1.165) is 25.7 Å². The van der Waals surface area contributed by atoms with Gasteiger partial charge >= 0.3 is 0 Å². The first-order chi connectivity index (χ1) is 9.54. The predicted molar refractivity (Wildman–Crippen MR) is 80.9 cm³/mol. The Bertz CT molecular complexity index is 532. The largest absolute Gasteiger partial charge is 0.319 e. The van der Waals surface area contributed by atoms with Crippen molar-refractivity contribution in [1.82, 2.24) is 4.57 Å². The first kappa shape index (κ1) is 15.0. The monoisotopic (exact) mass is 275 g/mol. The number of carbonyl (C=O) groups excluding carboxylic acids is 1. The molecule has 2 rings (SSSR count). The highest BCUT2D eigenvalue weighted by molar-refractivity contribution is 5.97. The van der Waals surface area contributed by atoms with E-state index in [1.54, 1.807) is 19.3 Å². The van der Waals surface area contributed by atoms with Crippen molar-refractivity contribution in [1.29, 1.82) is 0 Å². The second kappa shape index (κ2) is 6.38. The maximum atomic E-state index is 12.7. The number of Topliss-reactive ketones (excluding diaryl/α,β-unsaturated/α-hetero) is 1. The van der Waals surface area contributed by atoms with E-state index in [2.05, 4.69) is 13.8 Å². The highest BCUT2D eigenvalue weighted by atomic mass is 16.1. The molecule has 110 valence electrons. The van der Waals surface area contributed by atoms with Crippen molar-refractivity contribution in [2.75, 3.05) is 0 Å². The molecule has 0 aliphatic heterocycles. The standard InChI is InChI=1S/C17H25NO2/c1-4-12(2)14-7-5-6-8-15(14)17(20)13-9-10-18(3)16(19)11-13/h9-12,14-15H,4-8H2,1-3H3.